The van der Waals surface area contributed by atoms with Crippen molar-refractivity contribution in [2.24, 2.45) is 0 Å². The summed E-state index contributed by atoms with van der Waals surface area (Å²) in [6.45, 7) is 0.0732. The van der Waals surface area contributed by atoms with Gasteiger partial charge in [-0.1, -0.05) is 70.7 Å². The second-order valence-electron chi connectivity index (χ2n) is 7.69. The third-order valence-corrected chi connectivity index (χ3v) is 7.93. The molecule has 0 spiro atoms. The molecule has 4 aromatic rings. The second-order valence-corrected chi connectivity index (χ2v) is 11.0. The summed E-state index contributed by atoms with van der Waals surface area (Å²) in [5, 5.41) is 4.06. The Morgan fingerprint density at radius 3 is 2.24 bits per heavy atom. The number of halogens is 4. The van der Waals surface area contributed by atoms with Gasteiger partial charge in [0.05, 0.1) is 31.2 Å². The summed E-state index contributed by atoms with van der Waals surface area (Å²) in [4.78, 5) is 12.9. The van der Waals surface area contributed by atoms with Gasteiger partial charge >= 0.3 is 0 Å². The molecule has 0 aromatic heterocycles. The van der Waals surface area contributed by atoms with Crippen molar-refractivity contribution in [3.8, 4) is 11.5 Å². The summed E-state index contributed by atoms with van der Waals surface area (Å²) in [5.41, 5.74) is 0.689. The van der Waals surface area contributed by atoms with Crippen molar-refractivity contribution in [1.82, 2.24) is 5.32 Å². The number of carbonyl (C=O) groups is 1. The zero-order valence-electron chi connectivity index (χ0n) is 18.8. The van der Waals surface area contributed by atoms with E-state index in [1.54, 1.807) is 42.5 Å². The molecular weight excluding hydrogens is 578 g/mol. The van der Waals surface area contributed by atoms with Gasteiger partial charge in [-0.05, 0) is 66.2 Å². The van der Waals surface area contributed by atoms with Crippen LogP contribution in [0.15, 0.2) is 89.8 Å². The predicted octanol–water partition coefficient (Wildman–Crippen LogP) is 7.82. The molecule has 0 saturated carbocycles. The highest BCUT2D eigenvalue weighted by molar-refractivity contribution is 7.92. The Hall–Kier alpha value is -2.94. The fourth-order valence-electron chi connectivity index (χ4n) is 3.29. The van der Waals surface area contributed by atoms with Crippen molar-refractivity contribution in [2.75, 3.05) is 4.72 Å². The molecule has 0 aliphatic rings. The van der Waals surface area contributed by atoms with Crippen LogP contribution in [0.2, 0.25) is 20.1 Å². The lowest BCUT2D eigenvalue weighted by Crippen LogP contribution is -2.25. The topological polar surface area (TPSA) is 84.5 Å². The Balaban J connectivity index is 1.51. The van der Waals surface area contributed by atoms with Crippen molar-refractivity contribution in [2.45, 2.75) is 11.4 Å². The minimum Gasteiger partial charge on any atom is -0.456 e. The fourth-order valence-corrected chi connectivity index (χ4v) is 5.11. The Labute approximate surface area is 234 Å². The zero-order chi connectivity index (χ0) is 26.6. The number of rotatable bonds is 8. The third kappa shape index (κ3) is 6.69. The van der Waals surface area contributed by atoms with Crippen LogP contribution in [0.4, 0.5) is 5.69 Å². The Kier molecular flexibility index (Phi) is 8.52. The molecule has 0 heterocycles. The number of anilines is 1. The average molecular weight is 596 g/mol. The van der Waals surface area contributed by atoms with Crippen LogP contribution in [-0.2, 0) is 16.6 Å². The van der Waals surface area contributed by atoms with Crippen LogP contribution in [0.3, 0.4) is 0 Å². The first-order valence-corrected chi connectivity index (χ1v) is 13.7. The van der Waals surface area contributed by atoms with Crippen LogP contribution in [0.25, 0.3) is 0 Å². The van der Waals surface area contributed by atoms with Gasteiger partial charge in [0.25, 0.3) is 15.9 Å². The molecule has 0 saturated heterocycles. The molecule has 0 radical (unpaired) electrons. The normalized spacial score (nSPS) is 11.1. The zero-order valence-corrected chi connectivity index (χ0v) is 22.7. The number of para-hydroxylation sites is 1. The summed E-state index contributed by atoms with van der Waals surface area (Å²) < 4.78 is 34.3. The third-order valence-electron chi connectivity index (χ3n) is 5.14. The highest BCUT2D eigenvalue weighted by Gasteiger charge is 2.20. The molecule has 2 N–H and O–H groups in total. The van der Waals surface area contributed by atoms with Crippen molar-refractivity contribution < 1.29 is 17.9 Å². The monoisotopic (exact) mass is 594 g/mol. The smallest absolute Gasteiger partial charge is 0.261 e. The van der Waals surface area contributed by atoms with E-state index in [0.29, 0.717) is 32.1 Å². The first-order chi connectivity index (χ1) is 17.6. The van der Waals surface area contributed by atoms with E-state index >= 15 is 0 Å². The number of benzene rings is 4. The average Bonchev–Trinajstić information content (AvgIpc) is 2.87. The lowest BCUT2D eigenvalue weighted by Gasteiger charge is -2.14. The van der Waals surface area contributed by atoms with E-state index in [-0.39, 0.29) is 27.7 Å². The molecular formula is C26H18Cl4N2O4S. The van der Waals surface area contributed by atoms with E-state index in [9.17, 15) is 13.2 Å². The van der Waals surface area contributed by atoms with Gasteiger partial charge in [0.2, 0.25) is 0 Å². The molecule has 0 bridgehead atoms. The molecule has 1 amide bonds. The molecule has 6 nitrogen and oxygen atoms in total. The lowest BCUT2D eigenvalue weighted by molar-refractivity contribution is 0.0952. The fraction of sp³-hybridized carbons (Fsp3) is 0.0385. The van der Waals surface area contributed by atoms with Crippen LogP contribution in [-0.4, -0.2) is 14.3 Å². The number of ether oxygens (including phenoxy) is 1. The molecule has 0 aliphatic heterocycles. The minimum absolute atomic E-state index is 0.0351. The molecule has 0 unspecified atom stereocenters. The first kappa shape index (κ1) is 27.1. The number of nitrogens with one attached hydrogen (secondary N) is 2. The molecule has 0 aliphatic carbocycles. The number of hydrogen-bond acceptors (Lipinski definition) is 4. The Morgan fingerprint density at radius 2 is 1.51 bits per heavy atom. The van der Waals surface area contributed by atoms with Crippen LogP contribution in [0, 0.1) is 0 Å². The maximum atomic E-state index is 13.1. The van der Waals surface area contributed by atoms with Crippen molar-refractivity contribution >= 4 is 68.0 Å². The Morgan fingerprint density at radius 1 is 0.811 bits per heavy atom. The largest absolute Gasteiger partial charge is 0.456 e. The van der Waals surface area contributed by atoms with Gasteiger partial charge in [0, 0.05) is 11.6 Å². The molecule has 190 valence electrons. The highest BCUT2D eigenvalue weighted by atomic mass is 35.5. The number of sulfonamides is 1. The molecule has 11 heteroatoms. The standard InChI is InChI=1S/C26H18Cl4N2O4S/c27-17-8-13-23(20(14-17)26(33)31-15-16-4-3-6-22(29)25(16)30)32-37(34,35)19-11-9-18(10-12-19)36-24-7-2-1-5-21(24)28/h1-14,32H,15H2,(H,31,33). The summed E-state index contributed by atoms with van der Waals surface area (Å²) in [6.07, 6.45) is 0. The second kappa shape index (κ2) is 11.6. The Bertz CT molecular complexity index is 1560. The van der Waals surface area contributed by atoms with E-state index in [1.165, 1.54) is 42.5 Å². The van der Waals surface area contributed by atoms with E-state index in [2.05, 4.69) is 10.0 Å². The van der Waals surface area contributed by atoms with E-state index in [1.807, 2.05) is 0 Å². The van der Waals surface area contributed by atoms with Gasteiger partial charge in [-0.3, -0.25) is 9.52 Å². The van der Waals surface area contributed by atoms with Gasteiger partial charge in [-0.25, -0.2) is 8.42 Å². The molecule has 4 aromatic carbocycles. The van der Waals surface area contributed by atoms with Crippen LogP contribution in [0.5, 0.6) is 11.5 Å². The van der Waals surface area contributed by atoms with Crippen LogP contribution < -0.4 is 14.8 Å². The van der Waals surface area contributed by atoms with Crippen molar-refractivity contribution in [1.29, 1.82) is 0 Å². The van der Waals surface area contributed by atoms with Gasteiger partial charge in [-0.2, -0.15) is 0 Å². The number of carbonyl (C=O) groups excluding carboxylic acids is 1. The number of hydrogen-bond donors (Lipinski definition) is 2. The SMILES string of the molecule is O=C(NCc1cccc(Cl)c1Cl)c1cc(Cl)ccc1NS(=O)(=O)c1ccc(Oc2ccccc2Cl)cc1. The van der Waals surface area contributed by atoms with Gasteiger partial charge in [0.1, 0.15) is 11.5 Å². The number of amides is 1. The lowest BCUT2D eigenvalue weighted by atomic mass is 10.1. The van der Waals surface area contributed by atoms with Gasteiger partial charge < -0.3 is 10.1 Å². The van der Waals surface area contributed by atoms with E-state index in [0.717, 1.165) is 0 Å². The molecule has 0 atom stereocenters. The predicted molar refractivity (Wildman–Crippen MR) is 148 cm³/mol. The summed E-state index contributed by atoms with van der Waals surface area (Å²) in [5.74, 6) is 0.284. The van der Waals surface area contributed by atoms with Crippen molar-refractivity contribution in [3.63, 3.8) is 0 Å². The maximum Gasteiger partial charge on any atom is 0.261 e. The molecule has 37 heavy (non-hydrogen) atoms. The molecule has 0 fully saturated rings. The van der Waals surface area contributed by atoms with Crippen molar-refractivity contribution in [3.05, 3.63) is 116 Å². The highest BCUT2D eigenvalue weighted by Crippen LogP contribution is 2.30. The van der Waals surface area contributed by atoms with Gasteiger partial charge in [-0.15, -0.1) is 0 Å². The first-order valence-electron chi connectivity index (χ1n) is 10.7. The molecule has 4 rings (SSSR count). The van der Waals surface area contributed by atoms with Crippen LogP contribution in [0.1, 0.15) is 15.9 Å². The maximum absolute atomic E-state index is 13.1. The summed E-state index contributed by atoms with van der Waals surface area (Å²) in [7, 11) is -4.05. The van der Waals surface area contributed by atoms with E-state index < -0.39 is 15.9 Å². The van der Waals surface area contributed by atoms with E-state index in [4.69, 9.17) is 51.1 Å². The summed E-state index contributed by atoms with van der Waals surface area (Å²) in [6, 6.07) is 22.0. The quantitative estimate of drug-likeness (QED) is 0.217. The van der Waals surface area contributed by atoms with Gasteiger partial charge in [0.15, 0.2) is 0 Å². The van der Waals surface area contributed by atoms with Crippen LogP contribution >= 0.6 is 46.4 Å². The summed E-state index contributed by atoms with van der Waals surface area (Å²) >= 11 is 24.4. The minimum atomic E-state index is -4.05.